The van der Waals surface area contributed by atoms with Gasteiger partial charge >= 0.3 is 18.0 Å². The van der Waals surface area contributed by atoms with Gasteiger partial charge in [-0.1, -0.05) is 30.3 Å². The number of ether oxygens (including phenoxy) is 3. The molecule has 0 spiro atoms. The van der Waals surface area contributed by atoms with Crippen LogP contribution in [0.3, 0.4) is 0 Å². The number of methoxy groups -OCH3 is 1. The number of nitrogens with two attached hydrogens (primary N) is 1. The normalized spacial score (nSPS) is 13.9. The van der Waals surface area contributed by atoms with Gasteiger partial charge in [-0.15, -0.1) is 0 Å². The quantitative estimate of drug-likeness (QED) is 0.117. The number of ketones is 1. The van der Waals surface area contributed by atoms with Crippen LogP contribution in [0, 0.1) is 37.1 Å². The molecule has 0 unspecified atom stereocenters. The van der Waals surface area contributed by atoms with Gasteiger partial charge in [-0.3, -0.25) is 14.6 Å². The largest absolute Gasteiger partial charge is 0.465 e. The van der Waals surface area contributed by atoms with E-state index in [1.54, 1.807) is 35.8 Å². The number of rotatable bonds is 9. The molecule has 2 saturated heterocycles. The Kier molecular flexibility index (Phi) is 15.0. The van der Waals surface area contributed by atoms with E-state index in [2.05, 4.69) is 4.74 Å². The Morgan fingerprint density at radius 2 is 1.03 bits per heavy atom. The van der Waals surface area contributed by atoms with Crippen LogP contribution in [0.25, 0.3) is 0 Å². The molecule has 4 aromatic rings. The van der Waals surface area contributed by atoms with Crippen molar-refractivity contribution in [1.29, 1.82) is 0 Å². The second-order valence-corrected chi connectivity index (χ2v) is 13.6. The number of amides is 4. The minimum absolute atomic E-state index is 0.0568. The molecule has 0 atom stereocenters. The molecule has 4 aromatic carbocycles. The third-order valence-corrected chi connectivity index (χ3v) is 9.50. The minimum atomic E-state index is -0.680. The van der Waals surface area contributed by atoms with Crippen LogP contribution < -0.4 is 15.5 Å². The van der Waals surface area contributed by atoms with Crippen molar-refractivity contribution < 1.29 is 51.0 Å². The summed E-state index contributed by atoms with van der Waals surface area (Å²) in [5.41, 5.74) is 7.39. The Morgan fingerprint density at radius 3 is 1.41 bits per heavy atom. The molecule has 2 aliphatic heterocycles. The third kappa shape index (κ3) is 10.8. The van der Waals surface area contributed by atoms with Gasteiger partial charge < -0.3 is 29.7 Å². The van der Waals surface area contributed by atoms with Crippen LogP contribution in [-0.4, -0.2) is 99.9 Å². The summed E-state index contributed by atoms with van der Waals surface area (Å²) in [7, 11) is 1.21. The maximum atomic E-state index is 14.7. The standard InChI is InChI=1S/C21H23F2N3O3.C21H22F2N2O4/c1-14-2-5-19(18(23)10-14)26(21(28)25-6-8-29-9-7-25)13-16-4-3-15(11-17(16)22)20(27)12-24;1-14-3-6-19(18(23)11-14)25(21(27)24-7-9-29-10-8-24)13-16-5-4-15(12-17(16)22)20(26)28-2/h2-5,10-11H,6-9,12-13,24H2,1H3;3-6,11-12H,7-10,13H2,1-2H3. The molecular formula is C42H45F4N5O7. The topological polar surface area (TPSA) is 135 Å². The van der Waals surface area contributed by atoms with Gasteiger partial charge in [0, 0.05) is 42.9 Å². The summed E-state index contributed by atoms with van der Waals surface area (Å²) < 4.78 is 73.7. The van der Waals surface area contributed by atoms with Crippen molar-refractivity contribution in [3.63, 3.8) is 0 Å². The molecule has 0 aliphatic carbocycles. The lowest BCUT2D eigenvalue weighted by atomic mass is 10.1. The summed E-state index contributed by atoms with van der Waals surface area (Å²) in [6.07, 6.45) is 0. The number of hydrogen-bond donors (Lipinski definition) is 1. The highest BCUT2D eigenvalue weighted by Gasteiger charge is 2.29. The van der Waals surface area contributed by atoms with Crippen molar-refractivity contribution in [2.24, 2.45) is 5.73 Å². The Morgan fingerprint density at radius 1 is 0.621 bits per heavy atom. The van der Waals surface area contributed by atoms with E-state index in [-0.39, 0.29) is 59.0 Å². The van der Waals surface area contributed by atoms with Crippen molar-refractivity contribution in [1.82, 2.24) is 9.80 Å². The molecule has 2 aliphatic rings. The molecule has 58 heavy (non-hydrogen) atoms. The zero-order valence-corrected chi connectivity index (χ0v) is 32.4. The fourth-order valence-corrected chi connectivity index (χ4v) is 6.25. The summed E-state index contributed by atoms with van der Waals surface area (Å²) in [4.78, 5) is 55.0. The van der Waals surface area contributed by atoms with Crippen LogP contribution in [0.5, 0.6) is 0 Å². The molecule has 6 rings (SSSR count). The van der Waals surface area contributed by atoms with E-state index in [9.17, 15) is 36.7 Å². The highest BCUT2D eigenvalue weighted by atomic mass is 19.1. The highest BCUT2D eigenvalue weighted by Crippen LogP contribution is 2.27. The van der Waals surface area contributed by atoms with Gasteiger partial charge in [-0.25, -0.2) is 31.9 Å². The van der Waals surface area contributed by atoms with Gasteiger partial charge in [0.15, 0.2) is 5.78 Å². The Hall–Kier alpha value is -5.84. The first-order valence-electron chi connectivity index (χ1n) is 18.5. The van der Waals surface area contributed by atoms with Crippen LogP contribution in [0.4, 0.5) is 38.5 Å². The van der Waals surface area contributed by atoms with E-state index in [0.29, 0.717) is 63.7 Å². The number of hydrogen-bond acceptors (Lipinski definition) is 8. The highest BCUT2D eigenvalue weighted by molar-refractivity contribution is 5.97. The van der Waals surface area contributed by atoms with Gasteiger partial charge in [0.2, 0.25) is 0 Å². The molecular weight excluding hydrogens is 762 g/mol. The number of Topliss-reactive ketones (excluding diaryl/α,β-unsaturated/α-hetero) is 1. The van der Waals surface area contributed by atoms with Crippen LogP contribution in [0.15, 0.2) is 72.8 Å². The van der Waals surface area contributed by atoms with Crippen LogP contribution in [0.2, 0.25) is 0 Å². The molecule has 12 nitrogen and oxygen atoms in total. The maximum Gasteiger partial charge on any atom is 0.337 e. The lowest BCUT2D eigenvalue weighted by Gasteiger charge is -2.33. The van der Waals surface area contributed by atoms with E-state index in [0.717, 1.165) is 12.1 Å². The van der Waals surface area contributed by atoms with Crippen molar-refractivity contribution >= 4 is 35.2 Å². The van der Waals surface area contributed by atoms with E-state index in [1.807, 2.05) is 0 Å². The summed E-state index contributed by atoms with van der Waals surface area (Å²) in [6, 6.07) is 16.0. The fraction of sp³-hybridized carbons (Fsp3) is 0.333. The zero-order chi connectivity index (χ0) is 41.9. The maximum absolute atomic E-state index is 14.7. The molecule has 308 valence electrons. The van der Waals surface area contributed by atoms with Gasteiger partial charge in [0.25, 0.3) is 0 Å². The first-order valence-corrected chi connectivity index (χ1v) is 18.5. The van der Waals surface area contributed by atoms with E-state index in [1.165, 1.54) is 65.4 Å². The van der Waals surface area contributed by atoms with Crippen LogP contribution in [-0.2, 0) is 27.3 Å². The number of aryl methyl sites for hydroxylation is 2. The molecule has 4 amide bonds. The van der Waals surface area contributed by atoms with Crippen LogP contribution >= 0.6 is 0 Å². The van der Waals surface area contributed by atoms with Crippen molar-refractivity contribution in [3.05, 3.63) is 129 Å². The number of carbonyl (C=O) groups is 4. The summed E-state index contributed by atoms with van der Waals surface area (Å²) in [5, 5.41) is 0. The smallest absolute Gasteiger partial charge is 0.337 e. The SMILES string of the molecule is COC(=O)c1ccc(CN(C(=O)N2CCOCC2)c2ccc(C)cc2F)c(F)c1.Cc1ccc(N(Cc2ccc(C(=O)CN)cc2F)C(=O)N2CCOCC2)c(F)c1. The van der Waals surface area contributed by atoms with Gasteiger partial charge in [0.05, 0.1) is 70.1 Å². The Balaban J connectivity index is 0.000000221. The minimum Gasteiger partial charge on any atom is -0.465 e. The summed E-state index contributed by atoms with van der Waals surface area (Å²) in [5.74, 6) is -3.53. The molecule has 0 bridgehead atoms. The predicted octanol–water partition coefficient (Wildman–Crippen LogP) is 6.39. The van der Waals surface area contributed by atoms with Crippen molar-refractivity contribution in [2.75, 3.05) is 76.1 Å². The average molecular weight is 808 g/mol. The van der Waals surface area contributed by atoms with Crippen LogP contribution in [0.1, 0.15) is 43.0 Å². The monoisotopic (exact) mass is 807 g/mol. The van der Waals surface area contributed by atoms with E-state index in [4.69, 9.17) is 15.2 Å². The Bertz CT molecular complexity index is 1980. The molecule has 0 radical (unpaired) electrons. The summed E-state index contributed by atoms with van der Waals surface area (Å²) >= 11 is 0. The average Bonchev–Trinajstić information content (AvgIpc) is 3.23. The number of halogens is 4. The second kappa shape index (κ2) is 20.0. The lowest BCUT2D eigenvalue weighted by Crippen LogP contribution is -2.48. The number of urea groups is 2. The fourth-order valence-electron chi connectivity index (χ4n) is 6.25. The third-order valence-electron chi connectivity index (χ3n) is 9.50. The van der Waals surface area contributed by atoms with Gasteiger partial charge in [-0.05, 0) is 67.4 Å². The number of carbonyl (C=O) groups excluding carboxylic acids is 4. The van der Waals surface area contributed by atoms with Crippen molar-refractivity contribution in [3.8, 4) is 0 Å². The van der Waals surface area contributed by atoms with Gasteiger partial charge in [-0.2, -0.15) is 0 Å². The zero-order valence-electron chi connectivity index (χ0n) is 32.4. The van der Waals surface area contributed by atoms with E-state index >= 15 is 0 Å². The van der Waals surface area contributed by atoms with E-state index < -0.39 is 41.3 Å². The number of nitrogens with zero attached hydrogens (tertiary/aromatic N) is 4. The number of esters is 1. The molecule has 2 heterocycles. The predicted molar refractivity (Wildman–Crippen MR) is 208 cm³/mol. The first-order chi connectivity index (χ1) is 27.8. The van der Waals surface area contributed by atoms with Gasteiger partial charge in [0.1, 0.15) is 23.3 Å². The molecule has 2 N–H and O–H groups in total. The second-order valence-electron chi connectivity index (χ2n) is 13.6. The molecule has 16 heteroatoms. The Labute approximate surface area is 333 Å². The number of benzene rings is 4. The van der Waals surface area contributed by atoms with Crippen molar-refractivity contribution in [2.45, 2.75) is 26.9 Å². The number of morpholine rings is 2. The molecule has 0 aromatic heterocycles. The number of anilines is 2. The summed E-state index contributed by atoms with van der Waals surface area (Å²) in [6.45, 7) is 5.91. The molecule has 0 saturated carbocycles. The molecule has 2 fully saturated rings. The first kappa shape index (κ1) is 43.3. The lowest BCUT2D eigenvalue weighted by molar-refractivity contribution is 0.0547.